The number of halogens is 4. The van der Waals surface area contributed by atoms with Gasteiger partial charge < -0.3 is 15.6 Å². The second kappa shape index (κ2) is 7.68. The van der Waals surface area contributed by atoms with Crippen LogP contribution in [0.5, 0.6) is 0 Å². The van der Waals surface area contributed by atoms with Crippen LogP contribution in [0.3, 0.4) is 0 Å². The molecule has 3 heterocycles. The molecule has 0 unspecified atom stereocenters. The lowest BCUT2D eigenvalue weighted by molar-refractivity contribution is -0.137. The molecule has 29 heavy (non-hydrogen) atoms. The first-order chi connectivity index (χ1) is 13.8. The third-order valence-electron chi connectivity index (χ3n) is 4.92. The van der Waals surface area contributed by atoms with Crippen LogP contribution in [-0.4, -0.2) is 39.2 Å². The van der Waals surface area contributed by atoms with E-state index in [4.69, 9.17) is 11.6 Å². The molecule has 1 atom stereocenters. The molecule has 3 aromatic rings. The third-order valence-corrected chi connectivity index (χ3v) is 5.29. The Kier molecular flexibility index (Phi) is 5.22. The van der Waals surface area contributed by atoms with Crippen molar-refractivity contribution in [2.45, 2.75) is 19.1 Å². The Morgan fingerprint density at radius 2 is 2.17 bits per heavy atom. The summed E-state index contributed by atoms with van der Waals surface area (Å²) in [5.41, 5.74) is -0.460. The number of H-pyrrole nitrogens is 1. The molecule has 4 rings (SSSR count). The van der Waals surface area contributed by atoms with E-state index in [0.29, 0.717) is 29.6 Å². The van der Waals surface area contributed by atoms with Crippen molar-refractivity contribution in [1.82, 2.24) is 24.8 Å². The van der Waals surface area contributed by atoms with Gasteiger partial charge in [0, 0.05) is 11.6 Å². The fourth-order valence-electron chi connectivity index (χ4n) is 3.34. The molecule has 154 valence electrons. The van der Waals surface area contributed by atoms with E-state index in [9.17, 15) is 18.0 Å². The summed E-state index contributed by atoms with van der Waals surface area (Å²) < 4.78 is 40.3. The minimum atomic E-state index is -4.50. The Hall–Kier alpha value is -2.59. The third kappa shape index (κ3) is 4.23. The number of rotatable bonds is 5. The fraction of sp³-hybridized carbons (Fsp3) is 0.389. The van der Waals surface area contributed by atoms with E-state index < -0.39 is 17.4 Å². The maximum absolute atomic E-state index is 13.0. The Morgan fingerprint density at radius 3 is 2.90 bits per heavy atom. The van der Waals surface area contributed by atoms with Gasteiger partial charge in [0.05, 0.1) is 18.3 Å². The van der Waals surface area contributed by atoms with Crippen molar-refractivity contribution in [1.29, 1.82) is 0 Å². The fourth-order valence-corrected chi connectivity index (χ4v) is 3.52. The predicted octanol–water partition coefficient (Wildman–Crippen LogP) is 2.86. The maximum atomic E-state index is 13.0. The molecule has 3 N–H and O–H groups in total. The average molecular weight is 427 g/mol. The Bertz CT molecular complexity index is 1090. The zero-order valence-electron chi connectivity index (χ0n) is 15.2. The highest BCUT2D eigenvalue weighted by Gasteiger charge is 2.31. The van der Waals surface area contributed by atoms with Crippen LogP contribution in [0.25, 0.3) is 11.2 Å². The number of alkyl halides is 3. The summed E-state index contributed by atoms with van der Waals surface area (Å²) in [6.45, 7) is 2.43. The first-order valence-corrected chi connectivity index (χ1v) is 9.45. The monoisotopic (exact) mass is 426 g/mol. The molecule has 2 aromatic heterocycles. The minimum Gasteiger partial charge on any atom is -0.354 e. The first kappa shape index (κ1) is 19.7. The van der Waals surface area contributed by atoms with Gasteiger partial charge in [-0.25, -0.2) is 9.78 Å². The summed E-state index contributed by atoms with van der Waals surface area (Å²) in [5.74, 6) is 0.818. The zero-order valence-corrected chi connectivity index (χ0v) is 15.9. The SMILES string of the molecule is O=c1[nH]c2cnc(NC[C@@H]3CCNC3)nc2n1Cc1cc(C(F)(F)F)ccc1Cl. The number of fused-ring (bicyclic) bond motifs is 1. The van der Waals surface area contributed by atoms with E-state index in [1.54, 1.807) is 0 Å². The van der Waals surface area contributed by atoms with Crippen molar-refractivity contribution < 1.29 is 13.2 Å². The highest BCUT2D eigenvalue weighted by molar-refractivity contribution is 6.31. The molecule has 0 saturated carbocycles. The van der Waals surface area contributed by atoms with Gasteiger partial charge in [-0.1, -0.05) is 11.6 Å². The van der Waals surface area contributed by atoms with Gasteiger partial charge in [-0.3, -0.25) is 4.57 Å². The normalized spacial score (nSPS) is 17.2. The van der Waals surface area contributed by atoms with Crippen molar-refractivity contribution >= 4 is 28.7 Å². The summed E-state index contributed by atoms with van der Waals surface area (Å²) in [5, 5.41) is 6.57. The lowest BCUT2D eigenvalue weighted by atomic mass is 10.1. The second-order valence-electron chi connectivity index (χ2n) is 6.99. The summed E-state index contributed by atoms with van der Waals surface area (Å²) in [4.78, 5) is 23.5. The summed E-state index contributed by atoms with van der Waals surface area (Å²) in [6, 6.07) is 3.03. The van der Waals surface area contributed by atoms with E-state index in [1.165, 1.54) is 16.8 Å². The molecule has 1 fully saturated rings. The molecule has 0 bridgehead atoms. The number of imidazole rings is 1. The molecule has 11 heteroatoms. The summed E-state index contributed by atoms with van der Waals surface area (Å²) in [7, 11) is 0. The minimum absolute atomic E-state index is 0.139. The molecule has 0 spiro atoms. The van der Waals surface area contributed by atoms with Crippen molar-refractivity contribution in [2.24, 2.45) is 5.92 Å². The van der Waals surface area contributed by atoms with Gasteiger partial charge in [0.2, 0.25) is 5.95 Å². The number of nitrogens with one attached hydrogen (secondary N) is 3. The highest BCUT2D eigenvalue weighted by atomic mass is 35.5. The number of aromatic amines is 1. The Morgan fingerprint density at radius 1 is 1.34 bits per heavy atom. The molecule has 1 saturated heterocycles. The molecule has 1 aromatic carbocycles. The number of anilines is 1. The van der Waals surface area contributed by atoms with Crippen molar-refractivity contribution in [3.63, 3.8) is 0 Å². The number of aromatic nitrogens is 4. The van der Waals surface area contributed by atoms with Gasteiger partial charge in [-0.2, -0.15) is 18.2 Å². The quantitative estimate of drug-likeness (QED) is 0.584. The number of hydrogen-bond acceptors (Lipinski definition) is 5. The average Bonchev–Trinajstić information content (AvgIpc) is 3.29. The van der Waals surface area contributed by atoms with Gasteiger partial charge in [-0.15, -0.1) is 0 Å². The molecule has 0 radical (unpaired) electrons. The van der Waals surface area contributed by atoms with Crippen molar-refractivity contribution in [3.05, 3.63) is 51.0 Å². The standard InChI is InChI=1S/C18H18ClF3N6O/c19-13-2-1-12(18(20,21)22)5-11(13)9-28-15-14(26-17(28)29)8-25-16(27-15)24-7-10-3-4-23-6-10/h1-2,5,8,10,23H,3-4,6-7,9H2,(H,26,29)(H,24,25,27)/t10-/m1/s1. The Balaban J connectivity index is 1.64. The smallest absolute Gasteiger partial charge is 0.354 e. The van der Waals surface area contributed by atoms with Gasteiger partial charge in [0.25, 0.3) is 0 Å². The van der Waals surface area contributed by atoms with Gasteiger partial charge in [0.1, 0.15) is 5.52 Å². The zero-order chi connectivity index (χ0) is 20.6. The van der Waals surface area contributed by atoms with Crippen LogP contribution < -0.4 is 16.3 Å². The van der Waals surface area contributed by atoms with E-state index >= 15 is 0 Å². The van der Waals surface area contributed by atoms with Crippen molar-refractivity contribution in [2.75, 3.05) is 25.0 Å². The van der Waals surface area contributed by atoms with Crippen LogP contribution in [0.4, 0.5) is 19.1 Å². The molecule has 0 aliphatic carbocycles. The molecule has 1 aliphatic rings. The van der Waals surface area contributed by atoms with E-state index in [0.717, 1.165) is 31.6 Å². The molecule has 7 nitrogen and oxygen atoms in total. The van der Waals surface area contributed by atoms with E-state index in [-0.39, 0.29) is 17.1 Å². The van der Waals surface area contributed by atoms with E-state index in [1.807, 2.05) is 0 Å². The molecule has 1 aliphatic heterocycles. The number of hydrogen-bond donors (Lipinski definition) is 3. The maximum Gasteiger partial charge on any atom is 0.416 e. The van der Waals surface area contributed by atoms with E-state index in [2.05, 4.69) is 25.6 Å². The van der Waals surface area contributed by atoms with Crippen LogP contribution in [-0.2, 0) is 12.7 Å². The van der Waals surface area contributed by atoms with Crippen LogP contribution in [0, 0.1) is 5.92 Å². The van der Waals surface area contributed by atoms with Crippen LogP contribution >= 0.6 is 11.6 Å². The molecular formula is C18H18ClF3N6O. The highest BCUT2D eigenvalue weighted by Crippen LogP contribution is 2.32. The van der Waals surface area contributed by atoms with Gasteiger partial charge >= 0.3 is 11.9 Å². The van der Waals surface area contributed by atoms with Gasteiger partial charge in [-0.05, 0) is 49.2 Å². The van der Waals surface area contributed by atoms with Crippen LogP contribution in [0.2, 0.25) is 5.02 Å². The summed E-state index contributed by atoms with van der Waals surface area (Å²) >= 11 is 6.08. The van der Waals surface area contributed by atoms with Crippen LogP contribution in [0.1, 0.15) is 17.5 Å². The topological polar surface area (TPSA) is 87.6 Å². The lowest BCUT2D eigenvalue weighted by Crippen LogP contribution is -2.19. The number of nitrogens with zero attached hydrogens (tertiary/aromatic N) is 3. The van der Waals surface area contributed by atoms with Crippen LogP contribution in [0.15, 0.2) is 29.2 Å². The molecular weight excluding hydrogens is 409 g/mol. The Labute approximate surface area is 168 Å². The summed E-state index contributed by atoms with van der Waals surface area (Å²) in [6.07, 6.45) is -1.97. The largest absolute Gasteiger partial charge is 0.416 e. The predicted molar refractivity (Wildman–Crippen MR) is 103 cm³/mol. The second-order valence-corrected chi connectivity index (χ2v) is 7.40. The first-order valence-electron chi connectivity index (χ1n) is 9.07. The number of benzene rings is 1. The lowest BCUT2D eigenvalue weighted by Gasteiger charge is -2.12. The van der Waals surface area contributed by atoms with Crippen molar-refractivity contribution in [3.8, 4) is 0 Å². The molecule has 0 amide bonds. The van der Waals surface area contributed by atoms with Gasteiger partial charge in [0.15, 0.2) is 5.65 Å².